The largest absolute Gasteiger partial charge is 0.303 e. The van der Waals surface area contributed by atoms with Gasteiger partial charge in [0.15, 0.2) is 0 Å². The third kappa shape index (κ3) is 8.31. The number of unbranched alkanes of at least 4 members (excludes halogenated alkanes) is 3. The Morgan fingerprint density at radius 1 is 0.929 bits per heavy atom. The lowest BCUT2D eigenvalue weighted by Crippen LogP contribution is -2.27. The van der Waals surface area contributed by atoms with E-state index in [0.717, 1.165) is 6.42 Å². The second kappa shape index (κ2) is 10.8. The summed E-state index contributed by atoms with van der Waals surface area (Å²) in [6.07, 6.45) is 9.77. The molecule has 0 aromatic rings. The second-order valence-corrected chi connectivity index (χ2v) is 3.98. The fourth-order valence-corrected chi connectivity index (χ4v) is 1.56. The van der Waals surface area contributed by atoms with E-state index in [2.05, 4.69) is 25.3 Å². The highest BCUT2D eigenvalue weighted by molar-refractivity contribution is 4.67. The van der Waals surface area contributed by atoms with Gasteiger partial charge in [-0.1, -0.05) is 32.8 Å². The van der Waals surface area contributed by atoms with Gasteiger partial charge in [-0.3, -0.25) is 0 Å². The molecular formula is C13H27N. The number of hydrogen-bond acceptors (Lipinski definition) is 1. The van der Waals surface area contributed by atoms with Gasteiger partial charge in [0.2, 0.25) is 0 Å². The maximum absolute atomic E-state index is 3.76. The van der Waals surface area contributed by atoms with Crippen molar-refractivity contribution in [2.24, 2.45) is 0 Å². The molecule has 84 valence electrons. The van der Waals surface area contributed by atoms with Crippen LogP contribution in [0.3, 0.4) is 0 Å². The smallest absolute Gasteiger partial charge is 0.00158 e. The lowest BCUT2D eigenvalue weighted by atomic mass is 10.2. The van der Waals surface area contributed by atoms with E-state index >= 15 is 0 Å². The summed E-state index contributed by atoms with van der Waals surface area (Å²) in [7, 11) is 0. The van der Waals surface area contributed by atoms with Crippen molar-refractivity contribution in [1.82, 2.24) is 4.90 Å². The normalized spacial score (nSPS) is 10.8. The summed E-state index contributed by atoms with van der Waals surface area (Å²) in [6, 6.07) is 0. The minimum atomic E-state index is 1.16. The number of hydrogen-bond donors (Lipinski definition) is 0. The van der Waals surface area contributed by atoms with Gasteiger partial charge in [-0.25, -0.2) is 0 Å². The van der Waals surface area contributed by atoms with E-state index in [-0.39, 0.29) is 0 Å². The molecule has 0 amide bonds. The topological polar surface area (TPSA) is 3.24 Å². The van der Waals surface area contributed by atoms with Crippen LogP contribution in [0.1, 0.15) is 52.4 Å². The molecule has 0 bridgehead atoms. The molecular weight excluding hydrogens is 170 g/mol. The first-order valence-electron chi connectivity index (χ1n) is 6.18. The molecule has 14 heavy (non-hydrogen) atoms. The van der Waals surface area contributed by atoms with Crippen molar-refractivity contribution in [3.8, 4) is 0 Å². The summed E-state index contributed by atoms with van der Waals surface area (Å²) >= 11 is 0. The minimum Gasteiger partial charge on any atom is -0.303 e. The van der Waals surface area contributed by atoms with Crippen molar-refractivity contribution in [3.05, 3.63) is 12.7 Å². The van der Waals surface area contributed by atoms with E-state index in [4.69, 9.17) is 0 Å². The zero-order valence-corrected chi connectivity index (χ0v) is 10.1. The molecule has 0 saturated heterocycles. The molecule has 0 aromatic heterocycles. The van der Waals surface area contributed by atoms with Crippen LogP contribution in [0.4, 0.5) is 0 Å². The van der Waals surface area contributed by atoms with Gasteiger partial charge in [-0.05, 0) is 45.3 Å². The molecule has 0 aliphatic rings. The SMILES string of the molecule is C=CCCCN(CCCC)CCCC. The summed E-state index contributed by atoms with van der Waals surface area (Å²) in [5.74, 6) is 0. The first kappa shape index (κ1) is 13.7. The van der Waals surface area contributed by atoms with Crippen LogP contribution in [0, 0.1) is 0 Å². The fraction of sp³-hybridized carbons (Fsp3) is 0.846. The summed E-state index contributed by atoms with van der Waals surface area (Å²) in [5.41, 5.74) is 0. The molecule has 0 rings (SSSR count). The van der Waals surface area contributed by atoms with Gasteiger partial charge in [0.25, 0.3) is 0 Å². The molecule has 0 saturated carbocycles. The van der Waals surface area contributed by atoms with Crippen LogP contribution in [0.5, 0.6) is 0 Å². The van der Waals surface area contributed by atoms with Crippen LogP contribution >= 0.6 is 0 Å². The number of rotatable bonds is 10. The van der Waals surface area contributed by atoms with E-state index in [0.29, 0.717) is 0 Å². The van der Waals surface area contributed by atoms with Crippen LogP contribution in [0.15, 0.2) is 12.7 Å². The maximum atomic E-state index is 3.76. The quantitative estimate of drug-likeness (QED) is 0.380. The molecule has 0 atom stereocenters. The van der Waals surface area contributed by atoms with Gasteiger partial charge in [-0.2, -0.15) is 0 Å². The van der Waals surface area contributed by atoms with E-state index in [1.54, 1.807) is 0 Å². The number of nitrogens with zero attached hydrogens (tertiary/aromatic N) is 1. The van der Waals surface area contributed by atoms with Crippen LogP contribution in [-0.4, -0.2) is 24.5 Å². The Labute approximate surface area is 90.2 Å². The van der Waals surface area contributed by atoms with Crippen LogP contribution in [0.2, 0.25) is 0 Å². The van der Waals surface area contributed by atoms with E-state index in [1.807, 2.05) is 6.08 Å². The maximum Gasteiger partial charge on any atom is -0.00158 e. The predicted octanol–water partition coefficient (Wildman–Crippen LogP) is 3.85. The van der Waals surface area contributed by atoms with Gasteiger partial charge in [-0.15, -0.1) is 6.58 Å². The van der Waals surface area contributed by atoms with Gasteiger partial charge in [0, 0.05) is 0 Å². The van der Waals surface area contributed by atoms with Gasteiger partial charge in [0.05, 0.1) is 0 Å². The minimum absolute atomic E-state index is 1.16. The lowest BCUT2D eigenvalue weighted by Gasteiger charge is -2.21. The van der Waals surface area contributed by atoms with Crippen molar-refractivity contribution in [3.63, 3.8) is 0 Å². The Morgan fingerprint density at radius 2 is 1.43 bits per heavy atom. The van der Waals surface area contributed by atoms with Crippen molar-refractivity contribution in [2.45, 2.75) is 52.4 Å². The second-order valence-electron chi connectivity index (χ2n) is 3.98. The Hall–Kier alpha value is -0.300. The molecule has 0 aliphatic carbocycles. The Bertz CT molecular complexity index is 112. The average Bonchev–Trinajstić information content (AvgIpc) is 2.21. The molecule has 0 aromatic carbocycles. The molecule has 0 spiro atoms. The summed E-state index contributed by atoms with van der Waals surface area (Å²) in [5, 5.41) is 0. The van der Waals surface area contributed by atoms with E-state index < -0.39 is 0 Å². The van der Waals surface area contributed by atoms with Crippen LogP contribution in [-0.2, 0) is 0 Å². The van der Waals surface area contributed by atoms with Crippen molar-refractivity contribution < 1.29 is 0 Å². The summed E-state index contributed by atoms with van der Waals surface area (Å²) < 4.78 is 0. The fourth-order valence-electron chi connectivity index (χ4n) is 1.56. The predicted molar refractivity (Wildman–Crippen MR) is 65.7 cm³/mol. The molecule has 0 unspecified atom stereocenters. The van der Waals surface area contributed by atoms with Crippen molar-refractivity contribution in [2.75, 3.05) is 19.6 Å². The molecule has 1 heteroatoms. The highest BCUT2D eigenvalue weighted by Gasteiger charge is 2.02. The summed E-state index contributed by atoms with van der Waals surface area (Å²) in [4.78, 5) is 2.61. The van der Waals surface area contributed by atoms with Crippen molar-refractivity contribution >= 4 is 0 Å². The standard InChI is InChI=1S/C13H27N/c1-4-7-10-13-14(11-8-5-2)12-9-6-3/h4H,1,5-13H2,2-3H3. The lowest BCUT2D eigenvalue weighted by molar-refractivity contribution is 0.263. The highest BCUT2D eigenvalue weighted by Crippen LogP contribution is 2.02. The van der Waals surface area contributed by atoms with Crippen LogP contribution < -0.4 is 0 Å². The van der Waals surface area contributed by atoms with E-state index in [1.165, 1.54) is 51.7 Å². The molecule has 1 nitrogen and oxygen atoms in total. The first-order chi connectivity index (χ1) is 6.85. The van der Waals surface area contributed by atoms with Gasteiger partial charge >= 0.3 is 0 Å². The molecule has 0 radical (unpaired) electrons. The molecule has 0 fully saturated rings. The molecule has 0 N–H and O–H groups in total. The van der Waals surface area contributed by atoms with Gasteiger partial charge in [0.1, 0.15) is 0 Å². The van der Waals surface area contributed by atoms with E-state index in [9.17, 15) is 0 Å². The summed E-state index contributed by atoms with van der Waals surface area (Å²) in [6.45, 7) is 12.1. The van der Waals surface area contributed by atoms with Crippen LogP contribution in [0.25, 0.3) is 0 Å². The monoisotopic (exact) mass is 197 g/mol. The third-order valence-electron chi connectivity index (χ3n) is 2.54. The molecule has 0 aliphatic heterocycles. The average molecular weight is 197 g/mol. The van der Waals surface area contributed by atoms with Crippen molar-refractivity contribution in [1.29, 1.82) is 0 Å². The molecule has 0 heterocycles. The zero-order valence-electron chi connectivity index (χ0n) is 10.1. The first-order valence-corrected chi connectivity index (χ1v) is 6.18. The Morgan fingerprint density at radius 3 is 1.86 bits per heavy atom. The Balaban J connectivity index is 3.54. The number of allylic oxidation sites excluding steroid dienone is 1. The zero-order chi connectivity index (χ0) is 10.6. The third-order valence-corrected chi connectivity index (χ3v) is 2.54. The Kier molecular flexibility index (Phi) is 10.5. The van der Waals surface area contributed by atoms with Gasteiger partial charge < -0.3 is 4.90 Å². The highest BCUT2D eigenvalue weighted by atomic mass is 15.1.